The summed E-state index contributed by atoms with van der Waals surface area (Å²) in [6.07, 6.45) is 1.72. The molecule has 11 heteroatoms. The lowest BCUT2D eigenvalue weighted by Crippen LogP contribution is -2.19. The number of nitrogens with two attached hydrogens (primary N) is 1. The predicted molar refractivity (Wildman–Crippen MR) is 139 cm³/mol. The molecule has 4 rings (SSSR count). The van der Waals surface area contributed by atoms with Crippen LogP contribution in [0.5, 0.6) is 17.2 Å². The van der Waals surface area contributed by atoms with Gasteiger partial charge in [-0.15, -0.1) is 0 Å². The Kier molecular flexibility index (Phi) is 7.63. The van der Waals surface area contributed by atoms with E-state index in [1.165, 1.54) is 36.0 Å². The summed E-state index contributed by atoms with van der Waals surface area (Å²) in [5.41, 5.74) is 2.18. The molecule has 1 aliphatic heterocycles. The maximum absolute atomic E-state index is 12.5. The van der Waals surface area contributed by atoms with Crippen LogP contribution >= 0.6 is 11.8 Å². The molecule has 0 aromatic heterocycles. The smallest absolute Gasteiger partial charge is 0.264 e. The molecule has 0 unspecified atom stereocenters. The van der Waals surface area contributed by atoms with Gasteiger partial charge in [-0.05, 0) is 77.5 Å². The first kappa shape index (κ1) is 25.3. The lowest BCUT2D eigenvalue weighted by molar-refractivity contribution is -0.115. The van der Waals surface area contributed by atoms with Gasteiger partial charge in [-0.25, -0.2) is 18.5 Å². The summed E-state index contributed by atoms with van der Waals surface area (Å²) in [7, 11) is -0.623. The van der Waals surface area contributed by atoms with Crippen LogP contribution < -0.4 is 24.7 Å². The first-order chi connectivity index (χ1) is 17.2. The first-order valence-corrected chi connectivity index (χ1v) is 13.0. The molecule has 0 saturated carbocycles. The van der Waals surface area contributed by atoms with Crippen LogP contribution in [0, 0.1) is 0 Å². The van der Waals surface area contributed by atoms with Crippen LogP contribution in [0.3, 0.4) is 0 Å². The van der Waals surface area contributed by atoms with Crippen LogP contribution in [0.2, 0.25) is 0 Å². The topological polar surface area (TPSA) is 129 Å². The Hall–Kier alpha value is -3.80. The zero-order chi connectivity index (χ0) is 25.7. The van der Waals surface area contributed by atoms with E-state index >= 15 is 0 Å². The van der Waals surface area contributed by atoms with Gasteiger partial charge in [0.15, 0.2) is 16.7 Å². The standard InChI is InChI=1S/C25H23N3O6S2/c1-32-19-5-3-4-17(12-19)15-34-21-11-6-16(13-22(21)33-2)14-23-24(29)28-25(35-23)27-18-7-9-20(10-8-18)36(26,30)31/h3-14H,15H2,1-2H3,(H2,26,30,31)(H,27,28,29)/b23-14-. The van der Waals surface area contributed by atoms with Crippen molar-refractivity contribution in [2.75, 3.05) is 14.2 Å². The lowest BCUT2D eigenvalue weighted by atomic mass is 10.2. The van der Waals surface area contributed by atoms with Crippen molar-refractivity contribution in [3.8, 4) is 17.2 Å². The monoisotopic (exact) mass is 525 g/mol. The number of amidine groups is 1. The molecule has 1 fully saturated rings. The number of primary sulfonamides is 1. The van der Waals surface area contributed by atoms with Crippen molar-refractivity contribution in [2.45, 2.75) is 11.5 Å². The fraction of sp³-hybridized carbons (Fsp3) is 0.120. The highest BCUT2D eigenvalue weighted by Crippen LogP contribution is 2.33. The maximum Gasteiger partial charge on any atom is 0.264 e. The number of nitrogens with zero attached hydrogens (tertiary/aromatic N) is 1. The van der Waals surface area contributed by atoms with E-state index in [4.69, 9.17) is 19.3 Å². The van der Waals surface area contributed by atoms with Gasteiger partial charge in [0, 0.05) is 0 Å². The minimum Gasteiger partial charge on any atom is -0.497 e. The molecular formula is C25H23N3O6S2. The van der Waals surface area contributed by atoms with Gasteiger partial charge in [-0.3, -0.25) is 4.79 Å². The molecule has 0 spiro atoms. The van der Waals surface area contributed by atoms with Gasteiger partial charge >= 0.3 is 0 Å². The molecule has 0 aliphatic carbocycles. The third-order valence-corrected chi connectivity index (χ3v) is 6.90. The molecule has 1 amide bonds. The Labute approximate surface area is 213 Å². The third kappa shape index (κ3) is 6.25. The average Bonchev–Trinajstić information content (AvgIpc) is 3.21. The van der Waals surface area contributed by atoms with Crippen molar-refractivity contribution in [1.29, 1.82) is 0 Å². The highest BCUT2D eigenvalue weighted by Gasteiger charge is 2.24. The second kappa shape index (κ2) is 10.9. The van der Waals surface area contributed by atoms with E-state index < -0.39 is 10.0 Å². The van der Waals surface area contributed by atoms with Gasteiger partial charge in [0.25, 0.3) is 5.91 Å². The number of benzene rings is 3. The summed E-state index contributed by atoms with van der Waals surface area (Å²) in [6, 6.07) is 18.7. The van der Waals surface area contributed by atoms with Crippen molar-refractivity contribution in [1.82, 2.24) is 5.32 Å². The van der Waals surface area contributed by atoms with Crippen molar-refractivity contribution >= 4 is 44.6 Å². The number of thioether (sulfide) groups is 1. The van der Waals surface area contributed by atoms with Crippen LogP contribution in [-0.2, 0) is 21.4 Å². The number of carbonyl (C=O) groups excluding carboxylic acids is 1. The molecular weight excluding hydrogens is 502 g/mol. The fourth-order valence-corrected chi connectivity index (χ4v) is 4.63. The summed E-state index contributed by atoms with van der Waals surface area (Å²) in [6.45, 7) is 0.338. The minimum absolute atomic E-state index is 0.0139. The molecule has 186 valence electrons. The Bertz CT molecular complexity index is 1450. The molecule has 1 aliphatic rings. The summed E-state index contributed by atoms with van der Waals surface area (Å²) in [5.74, 6) is 1.55. The predicted octanol–water partition coefficient (Wildman–Crippen LogP) is 3.82. The number of methoxy groups -OCH3 is 2. The SMILES string of the molecule is COc1cccc(COc2ccc(/C=C3\SC(=Nc4ccc(S(N)(=O)=O)cc4)NC3=O)cc2OC)c1. The van der Waals surface area contributed by atoms with Crippen LogP contribution in [0.15, 0.2) is 81.5 Å². The van der Waals surface area contributed by atoms with Crippen molar-refractivity contribution in [3.63, 3.8) is 0 Å². The number of rotatable bonds is 8. The van der Waals surface area contributed by atoms with Crippen LogP contribution in [0.1, 0.15) is 11.1 Å². The van der Waals surface area contributed by atoms with Gasteiger partial charge in [0.1, 0.15) is 12.4 Å². The van der Waals surface area contributed by atoms with Gasteiger partial charge in [-0.2, -0.15) is 0 Å². The molecule has 3 N–H and O–H groups in total. The summed E-state index contributed by atoms with van der Waals surface area (Å²) in [5, 5.41) is 8.19. The number of carbonyl (C=O) groups is 1. The van der Waals surface area contributed by atoms with Crippen molar-refractivity contribution in [2.24, 2.45) is 10.1 Å². The Balaban J connectivity index is 1.47. The minimum atomic E-state index is -3.79. The first-order valence-electron chi connectivity index (χ1n) is 10.6. The van der Waals surface area contributed by atoms with Gasteiger partial charge in [0.05, 0.1) is 29.7 Å². The van der Waals surface area contributed by atoms with E-state index in [0.717, 1.165) is 16.9 Å². The number of hydrogen-bond donors (Lipinski definition) is 2. The molecule has 9 nitrogen and oxygen atoms in total. The molecule has 0 bridgehead atoms. The summed E-state index contributed by atoms with van der Waals surface area (Å²) >= 11 is 1.17. The molecule has 3 aromatic rings. The maximum atomic E-state index is 12.5. The number of nitrogens with one attached hydrogen (secondary N) is 1. The van der Waals surface area contributed by atoms with Crippen LogP contribution in [0.25, 0.3) is 6.08 Å². The average molecular weight is 526 g/mol. The van der Waals surface area contributed by atoms with Crippen LogP contribution in [-0.4, -0.2) is 33.7 Å². The number of ether oxygens (including phenoxy) is 3. The molecule has 0 atom stereocenters. The lowest BCUT2D eigenvalue weighted by Gasteiger charge is -2.12. The molecule has 3 aromatic carbocycles. The second-order valence-electron chi connectivity index (χ2n) is 7.57. The van der Waals surface area contributed by atoms with Crippen molar-refractivity contribution in [3.05, 3.63) is 82.8 Å². The van der Waals surface area contributed by atoms with Crippen LogP contribution in [0.4, 0.5) is 5.69 Å². The highest BCUT2D eigenvalue weighted by atomic mass is 32.2. The molecule has 36 heavy (non-hydrogen) atoms. The second-order valence-corrected chi connectivity index (χ2v) is 10.2. The molecule has 1 saturated heterocycles. The fourth-order valence-electron chi connectivity index (χ4n) is 3.28. The molecule has 1 heterocycles. The number of aliphatic imine (C=N–C) groups is 1. The Morgan fingerprint density at radius 1 is 1.00 bits per heavy atom. The van der Waals surface area contributed by atoms with Gasteiger partial charge in [-0.1, -0.05) is 18.2 Å². The van der Waals surface area contributed by atoms with E-state index in [0.29, 0.717) is 33.9 Å². The Morgan fingerprint density at radius 3 is 2.47 bits per heavy atom. The van der Waals surface area contributed by atoms with E-state index in [1.807, 2.05) is 30.3 Å². The quantitative estimate of drug-likeness (QED) is 0.428. The third-order valence-electron chi connectivity index (χ3n) is 5.06. The highest BCUT2D eigenvalue weighted by molar-refractivity contribution is 8.18. The molecule has 0 radical (unpaired) electrons. The Morgan fingerprint density at radius 2 is 1.78 bits per heavy atom. The van der Waals surface area contributed by atoms with E-state index in [9.17, 15) is 13.2 Å². The van der Waals surface area contributed by atoms with Crippen molar-refractivity contribution < 1.29 is 27.4 Å². The largest absolute Gasteiger partial charge is 0.497 e. The normalized spacial score (nSPS) is 15.7. The zero-order valence-electron chi connectivity index (χ0n) is 19.4. The van der Waals surface area contributed by atoms with E-state index in [2.05, 4.69) is 10.3 Å². The van der Waals surface area contributed by atoms with Gasteiger partial charge in [0.2, 0.25) is 10.0 Å². The number of sulfonamides is 1. The van der Waals surface area contributed by atoms with Gasteiger partial charge < -0.3 is 19.5 Å². The zero-order valence-corrected chi connectivity index (χ0v) is 21.1. The summed E-state index contributed by atoms with van der Waals surface area (Å²) < 4.78 is 39.4. The number of hydrogen-bond acceptors (Lipinski definition) is 8. The number of amides is 1. The summed E-state index contributed by atoms with van der Waals surface area (Å²) in [4.78, 5) is 17.2. The van der Waals surface area contributed by atoms with E-state index in [-0.39, 0.29) is 10.8 Å². The van der Waals surface area contributed by atoms with E-state index in [1.54, 1.807) is 32.4 Å².